The van der Waals surface area contributed by atoms with Crippen LogP contribution in [0.2, 0.25) is 0 Å². The molecule has 0 spiro atoms. The maximum atomic E-state index is 5.90. The molecule has 0 atom stereocenters. The fourth-order valence-electron chi connectivity index (χ4n) is 2.71. The number of rotatable bonds is 4. The quantitative estimate of drug-likeness (QED) is 0.550. The summed E-state index contributed by atoms with van der Waals surface area (Å²) in [5, 5.41) is 3.32. The largest absolute Gasteiger partial charge is 0.370 e. The van der Waals surface area contributed by atoms with Crippen molar-refractivity contribution in [1.29, 1.82) is 0 Å². The number of likely N-dealkylation sites (N-methyl/N-ethyl adjacent to an activating group) is 1. The van der Waals surface area contributed by atoms with Crippen LogP contribution in [-0.4, -0.2) is 68.1 Å². The molecule has 0 radical (unpaired) electrons. The molecule has 1 saturated heterocycles. The molecule has 2 fully saturated rings. The predicted molar refractivity (Wildman–Crippen MR) is 75.8 cm³/mol. The Morgan fingerprint density at radius 2 is 1.89 bits per heavy atom. The summed E-state index contributed by atoms with van der Waals surface area (Å²) in [4.78, 5) is 9.26. The number of nitrogens with two attached hydrogens (primary N) is 1. The van der Waals surface area contributed by atoms with E-state index in [1.54, 1.807) is 0 Å². The van der Waals surface area contributed by atoms with E-state index in [-0.39, 0.29) is 0 Å². The first-order chi connectivity index (χ1) is 8.74. The second kappa shape index (κ2) is 6.95. The summed E-state index contributed by atoms with van der Waals surface area (Å²) in [5.41, 5.74) is 5.90. The van der Waals surface area contributed by atoms with Crippen LogP contribution >= 0.6 is 0 Å². The highest BCUT2D eigenvalue weighted by molar-refractivity contribution is 5.78. The normalized spacial score (nSPS) is 24.6. The molecule has 5 heteroatoms. The zero-order valence-corrected chi connectivity index (χ0v) is 11.6. The van der Waals surface area contributed by atoms with Crippen LogP contribution in [0.1, 0.15) is 25.7 Å². The van der Waals surface area contributed by atoms with Crippen LogP contribution in [0, 0.1) is 0 Å². The molecule has 0 aromatic rings. The molecule has 0 bridgehead atoms. The summed E-state index contributed by atoms with van der Waals surface area (Å²) in [6, 6.07) is 0.567. The number of nitrogens with zero attached hydrogens (tertiary/aromatic N) is 3. The lowest BCUT2D eigenvalue weighted by atomic mass is 10.2. The molecule has 104 valence electrons. The minimum Gasteiger partial charge on any atom is -0.370 e. The molecule has 2 rings (SSSR count). The van der Waals surface area contributed by atoms with E-state index in [0.717, 1.165) is 26.2 Å². The number of nitrogens with one attached hydrogen (secondary N) is 1. The van der Waals surface area contributed by atoms with Gasteiger partial charge in [0.25, 0.3) is 0 Å². The van der Waals surface area contributed by atoms with Gasteiger partial charge in [0.05, 0.1) is 6.54 Å². The van der Waals surface area contributed by atoms with Crippen molar-refractivity contribution >= 4 is 5.96 Å². The number of hydrogen-bond donors (Lipinski definition) is 2. The van der Waals surface area contributed by atoms with Gasteiger partial charge in [-0.1, -0.05) is 12.8 Å². The maximum absolute atomic E-state index is 5.90. The van der Waals surface area contributed by atoms with Crippen molar-refractivity contribution in [1.82, 2.24) is 15.1 Å². The highest BCUT2D eigenvalue weighted by atomic mass is 15.2. The third-order valence-electron chi connectivity index (χ3n) is 4.00. The zero-order valence-electron chi connectivity index (χ0n) is 11.6. The first kappa shape index (κ1) is 13.6. The van der Waals surface area contributed by atoms with E-state index in [2.05, 4.69) is 27.2 Å². The van der Waals surface area contributed by atoms with E-state index in [9.17, 15) is 0 Å². The van der Waals surface area contributed by atoms with Crippen LogP contribution in [0.5, 0.6) is 0 Å². The highest BCUT2D eigenvalue weighted by Crippen LogP contribution is 2.17. The molecule has 18 heavy (non-hydrogen) atoms. The fraction of sp³-hybridized carbons (Fsp3) is 0.923. The van der Waals surface area contributed by atoms with Crippen molar-refractivity contribution in [2.75, 3.05) is 46.3 Å². The van der Waals surface area contributed by atoms with Crippen molar-refractivity contribution in [3.05, 3.63) is 0 Å². The van der Waals surface area contributed by atoms with Crippen LogP contribution in [0.25, 0.3) is 0 Å². The minimum atomic E-state index is 0.567. The molecule has 1 aliphatic carbocycles. The lowest BCUT2D eigenvalue weighted by Gasteiger charge is -2.31. The van der Waals surface area contributed by atoms with Gasteiger partial charge in [0, 0.05) is 38.8 Å². The highest BCUT2D eigenvalue weighted by Gasteiger charge is 2.15. The monoisotopic (exact) mass is 253 g/mol. The fourth-order valence-corrected chi connectivity index (χ4v) is 2.71. The van der Waals surface area contributed by atoms with Crippen LogP contribution < -0.4 is 11.1 Å². The molecule has 3 N–H and O–H groups in total. The van der Waals surface area contributed by atoms with Gasteiger partial charge in [-0.05, 0) is 19.9 Å². The van der Waals surface area contributed by atoms with Crippen molar-refractivity contribution in [2.24, 2.45) is 10.7 Å². The van der Waals surface area contributed by atoms with Gasteiger partial charge in [-0.2, -0.15) is 0 Å². The van der Waals surface area contributed by atoms with Gasteiger partial charge in [0.2, 0.25) is 0 Å². The molecule has 0 aromatic carbocycles. The van der Waals surface area contributed by atoms with Crippen molar-refractivity contribution in [2.45, 2.75) is 31.7 Å². The van der Waals surface area contributed by atoms with Crippen LogP contribution in [0.4, 0.5) is 0 Å². The Hall–Kier alpha value is -0.810. The predicted octanol–water partition coefficient (Wildman–Crippen LogP) is 0.0807. The minimum absolute atomic E-state index is 0.567. The molecular formula is C13H27N5. The van der Waals surface area contributed by atoms with Crippen LogP contribution in [0.15, 0.2) is 4.99 Å². The van der Waals surface area contributed by atoms with Gasteiger partial charge in [0.1, 0.15) is 0 Å². The Morgan fingerprint density at radius 3 is 2.56 bits per heavy atom. The van der Waals surface area contributed by atoms with Gasteiger partial charge >= 0.3 is 0 Å². The van der Waals surface area contributed by atoms with E-state index in [4.69, 9.17) is 5.73 Å². The average molecular weight is 253 g/mol. The standard InChI is InChI=1S/C13H27N5/c1-17-8-10-18(11-9-17)7-6-15-13(14)16-12-4-2-3-5-12/h12H,2-11H2,1H3,(H3,14,15,16). The number of hydrogen-bond acceptors (Lipinski definition) is 3. The first-order valence-electron chi connectivity index (χ1n) is 7.21. The molecule has 0 aromatic heterocycles. The second-order valence-corrected chi connectivity index (χ2v) is 5.54. The Morgan fingerprint density at radius 1 is 1.22 bits per heavy atom. The Labute approximate surface area is 110 Å². The molecule has 0 amide bonds. The first-order valence-corrected chi connectivity index (χ1v) is 7.21. The van der Waals surface area contributed by atoms with Crippen LogP contribution in [-0.2, 0) is 0 Å². The summed E-state index contributed by atoms with van der Waals surface area (Å²) >= 11 is 0. The molecule has 1 saturated carbocycles. The molecule has 0 unspecified atom stereocenters. The Kier molecular flexibility index (Phi) is 5.26. The van der Waals surface area contributed by atoms with E-state index in [1.165, 1.54) is 38.8 Å². The lowest BCUT2D eigenvalue weighted by molar-refractivity contribution is 0.157. The van der Waals surface area contributed by atoms with Gasteiger partial charge in [-0.15, -0.1) is 0 Å². The summed E-state index contributed by atoms with van der Waals surface area (Å²) in [6.07, 6.45) is 5.14. The second-order valence-electron chi connectivity index (χ2n) is 5.54. The van der Waals surface area contributed by atoms with Crippen molar-refractivity contribution in [3.63, 3.8) is 0 Å². The van der Waals surface area contributed by atoms with E-state index < -0.39 is 0 Å². The van der Waals surface area contributed by atoms with Gasteiger partial charge in [0.15, 0.2) is 5.96 Å². The van der Waals surface area contributed by atoms with Crippen molar-refractivity contribution < 1.29 is 0 Å². The van der Waals surface area contributed by atoms with E-state index in [0.29, 0.717) is 12.0 Å². The molecule has 2 aliphatic rings. The SMILES string of the molecule is CN1CCN(CCN=C(N)NC2CCCC2)CC1. The maximum Gasteiger partial charge on any atom is 0.188 e. The molecule has 1 heterocycles. The summed E-state index contributed by atoms with van der Waals surface area (Å²) < 4.78 is 0. The van der Waals surface area contributed by atoms with Crippen LogP contribution in [0.3, 0.4) is 0 Å². The number of piperazine rings is 1. The van der Waals surface area contributed by atoms with Gasteiger partial charge in [-0.25, -0.2) is 0 Å². The summed E-state index contributed by atoms with van der Waals surface area (Å²) in [5.74, 6) is 0.635. The summed E-state index contributed by atoms with van der Waals surface area (Å²) in [7, 11) is 2.18. The molecule has 5 nitrogen and oxygen atoms in total. The Bertz CT molecular complexity index is 265. The number of guanidine groups is 1. The average Bonchev–Trinajstić information content (AvgIpc) is 2.84. The Balaban J connectivity index is 1.60. The van der Waals surface area contributed by atoms with Gasteiger partial charge < -0.3 is 16.0 Å². The van der Waals surface area contributed by atoms with E-state index in [1.807, 2.05) is 0 Å². The summed E-state index contributed by atoms with van der Waals surface area (Å²) in [6.45, 7) is 6.49. The van der Waals surface area contributed by atoms with E-state index >= 15 is 0 Å². The number of aliphatic imine (C=N–C) groups is 1. The lowest BCUT2D eigenvalue weighted by Crippen LogP contribution is -2.45. The third kappa shape index (κ3) is 4.46. The molecular weight excluding hydrogens is 226 g/mol. The smallest absolute Gasteiger partial charge is 0.188 e. The van der Waals surface area contributed by atoms with Crippen molar-refractivity contribution in [3.8, 4) is 0 Å². The topological polar surface area (TPSA) is 56.9 Å². The molecule has 1 aliphatic heterocycles. The third-order valence-corrected chi connectivity index (χ3v) is 4.00. The van der Waals surface area contributed by atoms with Gasteiger partial charge in [-0.3, -0.25) is 9.89 Å². The zero-order chi connectivity index (χ0) is 12.8.